The molecule has 5 nitrogen and oxygen atoms in total. The van der Waals surface area contributed by atoms with Crippen molar-refractivity contribution >= 4 is 41.3 Å². The Bertz CT molecular complexity index is 726. The van der Waals surface area contributed by atoms with Gasteiger partial charge in [-0.2, -0.15) is 0 Å². The average molecular weight is 514 g/mol. The molecule has 0 unspecified atom stereocenters. The van der Waals surface area contributed by atoms with Crippen molar-refractivity contribution in [2.45, 2.75) is 33.5 Å². The van der Waals surface area contributed by atoms with Crippen LogP contribution in [0.4, 0.5) is 0 Å². The third kappa shape index (κ3) is 7.35. The van der Waals surface area contributed by atoms with E-state index in [1.54, 1.807) is 11.3 Å². The van der Waals surface area contributed by atoms with Gasteiger partial charge in [0, 0.05) is 31.1 Å². The van der Waals surface area contributed by atoms with Gasteiger partial charge in [0.25, 0.3) is 0 Å². The number of hydrogen-bond donors (Lipinski definition) is 2. The SMILES string of the molecule is CCNC(=NCc1ccc(CN2CCOCC2)cc1)NCc1sccc1C.I. The molecule has 2 aromatic rings. The predicted octanol–water partition coefficient (Wildman–Crippen LogP) is 3.76. The van der Waals surface area contributed by atoms with Gasteiger partial charge < -0.3 is 15.4 Å². The number of morpholine rings is 1. The van der Waals surface area contributed by atoms with Gasteiger partial charge in [0.15, 0.2) is 5.96 Å². The van der Waals surface area contributed by atoms with Crippen LogP contribution in [0.5, 0.6) is 0 Å². The van der Waals surface area contributed by atoms with E-state index < -0.39 is 0 Å². The monoisotopic (exact) mass is 514 g/mol. The smallest absolute Gasteiger partial charge is 0.191 e. The van der Waals surface area contributed by atoms with Crippen LogP contribution in [0.25, 0.3) is 0 Å². The Hall–Kier alpha value is -1.16. The zero-order valence-electron chi connectivity index (χ0n) is 16.7. The first-order valence-electron chi connectivity index (χ1n) is 9.67. The van der Waals surface area contributed by atoms with E-state index in [0.29, 0.717) is 6.54 Å². The summed E-state index contributed by atoms with van der Waals surface area (Å²) in [6.45, 7) is 11.3. The van der Waals surface area contributed by atoms with Gasteiger partial charge in [-0.25, -0.2) is 4.99 Å². The second-order valence-electron chi connectivity index (χ2n) is 6.78. The third-order valence-electron chi connectivity index (χ3n) is 4.68. The molecule has 28 heavy (non-hydrogen) atoms. The molecular formula is C21H31IN4OS. The minimum absolute atomic E-state index is 0. The fourth-order valence-electron chi connectivity index (χ4n) is 3.03. The van der Waals surface area contributed by atoms with E-state index in [1.165, 1.54) is 21.6 Å². The zero-order valence-corrected chi connectivity index (χ0v) is 19.9. The number of nitrogens with zero attached hydrogens (tertiary/aromatic N) is 2. The number of aryl methyl sites for hydroxylation is 1. The van der Waals surface area contributed by atoms with E-state index >= 15 is 0 Å². The van der Waals surface area contributed by atoms with Crippen molar-refractivity contribution in [3.05, 3.63) is 57.3 Å². The van der Waals surface area contributed by atoms with Crippen LogP contribution in [0.2, 0.25) is 0 Å². The Morgan fingerprint density at radius 2 is 1.82 bits per heavy atom. The van der Waals surface area contributed by atoms with Crippen molar-refractivity contribution in [1.82, 2.24) is 15.5 Å². The molecule has 0 saturated carbocycles. The number of rotatable bonds is 7. The van der Waals surface area contributed by atoms with E-state index in [4.69, 9.17) is 9.73 Å². The predicted molar refractivity (Wildman–Crippen MR) is 129 cm³/mol. The lowest BCUT2D eigenvalue weighted by Crippen LogP contribution is -2.36. The van der Waals surface area contributed by atoms with Crippen LogP contribution in [0.3, 0.4) is 0 Å². The maximum absolute atomic E-state index is 5.41. The first-order chi connectivity index (χ1) is 13.2. The molecule has 1 aliphatic rings. The van der Waals surface area contributed by atoms with Crippen LogP contribution in [0.15, 0.2) is 40.7 Å². The van der Waals surface area contributed by atoms with E-state index in [2.05, 4.69) is 65.1 Å². The van der Waals surface area contributed by atoms with Crippen LogP contribution >= 0.6 is 35.3 Å². The maximum Gasteiger partial charge on any atom is 0.191 e. The summed E-state index contributed by atoms with van der Waals surface area (Å²) in [6, 6.07) is 11.0. The van der Waals surface area contributed by atoms with Crippen LogP contribution in [0, 0.1) is 6.92 Å². The van der Waals surface area contributed by atoms with Crippen molar-refractivity contribution in [2.24, 2.45) is 4.99 Å². The van der Waals surface area contributed by atoms with Crippen LogP contribution in [-0.4, -0.2) is 43.7 Å². The van der Waals surface area contributed by atoms with Crippen LogP contribution in [0.1, 0.15) is 28.5 Å². The van der Waals surface area contributed by atoms with Crippen molar-refractivity contribution in [2.75, 3.05) is 32.8 Å². The molecule has 7 heteroatoms. The molecule has 1 aliphatic heterocycles. The standard InChI is InChI=1S/C21H30N4OS.HI/c1-3-22-21(24-15-20-17(2)8-13-27-20)23-14-18-4-6-19(7-5-18)16-25-9-11-26-12-10-25;/h4-8,13H,3,9-12,14-16H2,1-2H3,(H2,22,23,24);1H. The van der Waals surface area contributed by atoms with Gasteiger partial charge in [0.05, 0.1) is 26.3 Å². The molecule has 154 valence electrons. The topological polar surface area (TPSA) is 48.9 Å². The van der Waals surface area contributed by atoms with Gasteiger partial charge in [-0.05, 0) is 42.0 Å². The van der Waals surface area contributed by atoms with Crippen LogP contribution < -0.4 is 10.6 Å². The van der Waals surface area contributed by atoms with Gasteiger partial charge in [-0.15, -0.1) is 35.3 Å². The van der Waals surface area contributed by atoms with Crippen LogP contribution in [-0.2, 0) is 24.4 Å². The Morgan fingerprint density at radius 3 is 2.46 bits per heavy atom. The van der Waals surface area contributed by atoms with Crippen molar-refractivity contribution in [1.29, 1.82) is 0 Å². The zero-order chi connectivity index (χ0) is 18.9. The molecule has 0 spiro atoms. The third-order valence-corrected chi connectivity index (χ3v) is 5.70. The normalized spacial score (nSPS) is 15.1. The number of hydrogen-bond acceptors (Lipinski definition) is 4. The number of aliphatic imine (C=N–C) groups is 1. The maximum atomic E-state index is 5.41. The molecule has 0 bridgehead atoms. The summed E-state index contributed by atoms with van der Waals surface area (Å²) >= 11 is 1.78. The summed E-state index contributed by atoms with van der Waals surface area (Å²) in [6.07, 6.45) is 0. The van der Waals surface area contributed by atoms with Gasteiger partial charge in [0.1, 0.15) is 0 Å². The molecule has 1 aromatic carbocycles. The lowest BCUT2D eigenvalue weighted by atomic mass is 10.1. The first kappa shape index (κ1) is 23.1. The number of thiophene rings is 1. The lowest BCUT2D eigenvalue weighted by molar-refractivity contribution is 0.0342. The number of ether oxygens (including phenoxy) is 1. The fraction of sp³-hybridized carbons (Fsp3) is 0.476. The molecule has 0 atom stereocenters. The molecule has 0 amide bonds. The highest BCUT2D eigenvalue weighted by Gasteiger charge is 2.10. The van der Waals surface area contributed by atoms with Gasteiger partial charge in [-0.3, -0.25) is 4.90 Å². The highest BCUT2D eigenvalue weighted by molar-refractivity contribution is 14.0. The van der Waals surface area contributed by atoms with E-state index in [0.717, 1.165) is 51.9 Å². The second kappa shape index (κ2) is 12.4. The van der Waals surface area contributed by atoms with Gasteiger partial charge >= 0.3 is 0 Å². The quantitative estimate of drug-likeness (QED) is 0.336. The number of benzene rings is 1. The Kier molecular flexibility index (Phi) is 10.3. The molecule has 1 saturated heterocycles. The van der Waals surface area contributed by atoms with E-state index in [-0.39, 0.29) is 24.0 Å². The minimum atomic E-state index is 0. The highest BCUT2D eigenvalue weighted by Crippen LogP contribution is 2.15. The summed E-state index contributed by atoms with van der Waals surface area (Å²) in [7, 11) is 0. The number of guanidine groups is 1. The molecular weight excluding hydrogens is 483 g/mol. The Balaban J connectivity index is 0.00000280. The van der Waals surface area contributed by atoms with Gasteiger partial charge in [0.2, 0.25) is 0 Å². The molecule has 2 N–H and O–H groups in total. The van der Waals surface area contributed by atoms with Crippen molar-refractivity contribution in [3.63, 3.8) is 0 Å². The summed E-state index contributed by atoms with van der Waals surface area (Å²) in [5.74, 6) is 0.864. The summed E-state index contributed by atoms with van der Waals surface area (Å²) in [4.78, 5) is 8.53. The molecule has 0 aliphatic carbocycles. The molecule has 3 rings (SSSR count). The van der Waals surface area contributed by atoms with E-state index in [9.17, 15) is 0 Å². The van der Waals surface area contributed by atoms with Crippen molar-refractivity contribution < 1.29 is 4.74 Å². The van der Waals surface area contributed by atoms with Gasteiger partial charge in [-0.1, -0.05) is 24.3 Å². The molecule has 0 radical (unpaired) electrons. The Morgan fingerprint density at radius 1 is 1.11 bits per heavy atom. The summed E-state index contributed by atoms with van der Waals surface area (Å²) < 4.78 is 5.41. The lowest BCUT2D eigenvalue weighted by Gasteiger charge is -2.26. The first-order valence-corrected chi connectivity index (χ1v) is 10.6. The van der Waals surface area contributed by atoms with E-state index in [1.807, 2.05) is 0 Å². The summed E-state index contributed by atoms with van der Waals surface area (Å²) in [5, 5.41) is 8.89. The largest absolute Gasteiger partial charge is 0.379 e. The summed E-state index contributed by atoms with van der Waals surface area (Å²) in [5.41, 5.74) is 3.91. The highest BCUT2D eigenvalue weighted by atomic mass is 127. The molecule has 1 fully saturated rings. The molecule has 2 heterocycles. The number of nitrogens with one attached hydrogen (secondary N) is 2. The second-order valence-corrected chi connectivity index (χ2v) is 7.78. The van der Waals surface area contributed by atoms with Crippen molar-refractivity contribution in [3.8, 4) is 0 Å². The fourth-order valence-corrected chi connectivity index (χ4v) is 3.87. The minimum Gasteiger partial charge on any atom is -0.379 e. The average Bonchev–Trinajstić information content (AvgIpc) is 3.11. The Labute approximate surface area is 189 Å². The number of halogens is 1. The molecule has 1 aromatic heterocycles.